The molecule has 1 aromatic heterocycles. The van der Waals surface area contributed by atoms with Crippen molar-refractivity contribution in [3.8, 4) is 5.75 Å². The van der Waals surface area contributed by atoms with Gasteiger partial charge in [0.05, 0.1) is 17.6 Å². The van der Waals surface area contributed by atoms with E-state index in [1.165, 1.54) is 24.1 Å². The van der Waals surface area contributed by atoms with Gasteiger partial charge in [0.15, 0.2) is 0 Å². The lowest BCUT2D eigenvalue weighted by molar-refractivity contribution is 0.419. The van der Waals surface area contributed by atoms with Crippen molar-refractivity contribution in [3.63, 3.8) is 0 Å². The number of methoxy groups -OCH3 is 1. The Morgan fingerprint density at radius 2 is 2.22 bits per heavy atom. The molecular formula is C14H17ClN2O. The summed E-state index contributed by atoms with van der Waals surface area (Å²) in [6.45, 7) is 2.97. The van der Waals surface area contributed by atoms with Crippen molar-refractivity contribution in [3.05, 3.63) is 28.4 Å². The second kappa shape index (κ2) is 4.48. The van der Waals surface area contributed by atoms with E-state index in [0.29, 0.717) is 6.04 Å². The van der Waals surface area contributed by atoms with Gasteiger partial charge in [-0.15, -0.1) is 0 Å². The van der Waals surface area contributed by atoms with Crippen LogP contribution < -0.4 is 10.1 Å². The van der Waals surface area contributed by atoms with Gasteiger partial charge in [-0.1, -0.05) is 11.6 Å². The summed E-state index contributed by atoms with van der Waals surface area (Å²) in [6.07, 6.45) is 2.59. The van der Waals surface area contributed by atoms with E-state index in [4.69, 9.17) is 16.3 Å². The predicted octanol–water partition coefficient (Wildman–Crippen LogP) is 3.39. The number of halogens is 1. The molecule has 3 rings (SSSR count). The second-order valence-electron chi connectivity index (χ2n) is 4.88. The minimum Gasteiger partial charge on any atom is -0.495 e. The van der Waals surface area contributed by atoms with Crippen LogP contribution in [0.5, 0.6) is 5.75 Å². The van der Waals surface area contributed by atoms with Gasteiger partial charge in [-0.05, 0) is 37.5 Å². The smallest absolute Gasteiger partial charge is 0.143 e. The van der Waals surface area contributed by atoms with Gasteiger partial charge in [-0.25, -0.2) is 0 Å². The SMILES string of the molecule is COc1ccc(Cl)c2c(C)c(CNC3CC3)[nH]c12. The van der Waals surface area contributed by atoms with Gasteiger partial charge in [0.2, 0.25) is 0 Å². The van der Waals surface area contributed by atoms with Gasteiger partial charge in [-0.2, -0.15) is 0 Å². The van der Waals surface area contributed by atoms with Crippen molar-refractivity contribution in [2.24, 2.45) is 0 Å². The molecule has 0 atom stereocenters. The van der Waals surface area contributed by atoms with Crippen LogP contribution in [0.4, 0.5) is 0 Å². The predicted molar refractivity (Wildman–Crippen MR) is 74.5 cm³/mol. The third kappa shape index (κ3) is 1.98. The zero-order chi connectivity index (χ0) is 12.7. The first-order chi connectivity index (χ1) is 8.70. The summed E-state index contributed by atoms with van der Waals surface area (Å²) in [5, 5.41) is 5.36. The first-order valence-corrected chi connectivity index (χ1v) is 6.65. The number of hydrogen-bond donors (Lipinski definition) is 2. The lowest BCUT2D eigenvalue weighted by Gasteiger charge is -2.02. The molecule has 0 aliphatic heterocycles. The Morgan fingerprint density at radius 1 is 1.44 bits per heavy atom. The average molecular weight is 265 g/mol. The standard InChI is InChI=1S/C14H17ClN2O/c1-8-11(7-16-9-3-4-9)17-14-12(18-2)6-5-10(15)13(8)14/h5-6,9,16-17H,3-4,7H2,1-2H3. The van der Waals surface area contributed by atoms with E-state index in [2.05, 4.69) is 17.2 Å². The molecule has 18 heavy (non-hydrogen) atoms. The Morgan fingerprint density at radius 3 is 2.89 bits per heavy atom. The Labute approximate surface area is 111 Å². The third-order valence-electron chi connectivity index (χ3n) is 3.58. The van der Waals surface area contributed by atoms with Crippen molar-refractivity contribution >= 4 is 22.5 Å². The van der Waals surface area contributed by atoms with Crippen LogP contribution in [0.2, 0.25) is 5.02 Å². The fraction of sp³-hybridized carbons (Fsp3) is 0.429. The number of aromatic nitrogens is 1. The number of nitrogens with one attached hydrogen (secondary N) is 2. The molecule has 0 saturated heterocycles. The second-order valence-corrected chi connectivity index (χ2v) is 5.29. The van der Waals surface area contributed by atoms with E-state index in [-0.39, 0.29) is 0 Å². The summed E-state index contributed by atoms with van der Waals surface area (Å²) in [6, 6.07) is 4.49. The molecule has 1 saturated carbocycles. The van der Waals surface area contributed by atoms with Crippen LogP contribution >= 0.6 is 11.6 Å². The molecular weight excluding hydrogens is 248 g/mol. The molecule has 1 aliphatic carbocycles. The van der Waals surface area contributed by atoms with Crippen molar-refractivity contribution in [2.45, 2.75) is 32.4 Å². The highest BCUT2D eigenvalue weighted by molar-refractivity contribution is 6.36. The molecule has 96 valence electrons. The van der Waals surface area contributed by atoms with Crippen molar-refractivity contribution in [1.82, 2.24) is 10.3 Å². The Bertz CT molecular complexity index is 587. The van der Waals surface area contributed by atoms with Crippen molar-refractivity contribution in [2.75, 3.05) is 7.11 Å². The number of fused-ring (bicyclic) bond motifs is 1. The van der Waals surface area contributed by atoms with Crippen LogP contribution in [0, 0.1) is 6.92 Å². The highest BCUT2D eigenvalue weighted by Crippen LogP contribution is 2.35. The van der Waals surface area contributed by atoms with E-state index in [9.17, 15) is 0 Å². The summed E-state index contributed by atoms with van der Waals surface area (Å²) in [5.74, 6) is 0.843. The van der Waals surface area contributed by atoms with E-state index < -0.39 is 0 Å². The van der Waals surface area contributed by atoms with Crippen LogP contribution in [0.15, 0.2) is 12.1 Å². The van der Waals surface area contributed by atoms with E-state index in [1.54, 1.807) is 7.11 Å². The van der Waals surface area contributed by atoms with Crippen LogP contribution in [0.1, 0.15) is 24.1 Å². The van der Waals surface area contributed by atoms with Crippen LogP contribution in [-0.2, 0) is 6.54 Å². The van der Waals surface area contributed by atoms with E-state index >= 15 is 0 Å². The monoisotopic (exact) mass is 264 g/mol. The topological polar surface area (TPSA) is 37.0 Å². The molecule has 1 fully saturated rings. The number of hydrogen-bond acceptors (Lipinski definition) is 2. The van der Waals surface area contributed by atoms with Crippen LogP contribution in [-0.4, -0.2) is 18.1 Å². The van der Waals surface area contributed by atoms with Gasteiger partial charge in [0.25, 0.3) is 0 Å². The molecule has 2 aromatic rings. The summed E-state index contributed by atoms with van der Waals surface area (Å²) >= 11 is 6.28. The molecule has 1 aromatic carbocycles. The van der Waals surface area contributed by atoms with E-state index in [0.717, 1.165) is 28.2 Å². The zero-order valence-corrected chi connectivity index (χ0v) is 11.4. The lowest BCUT2D eigenvalue weighted by Crippen LogP contribution is -2.16. The fourth-order valence-electron chi connectivity index (χ4n) is 2.33. The number of H-pyrrole nitrogens is 1. The number of aryl methyl sites for hydroxylation is 1. The highest BCUT2D eigenvalue weighted by Gasteiger charge is 2.21. The summed E-state index contributed by atoms with van der Waals surface area (Å²) in [4.78, 5) is 3.44. The quantitative estimate of drug-likeness (QED) is 0.888. The van der Waals surface area contributed by atoms with Crippen molar-refractivity contribution in [1.29, 1.82) is 0 Å². The third-order valence-corrected chi connectivity index (χ3v) is 3.90. The van der Waals surface area contributed by atoms with Gasteiger partial charge in [0.1, 0.15) is 5.75 Å². The molecule has 0 amide bonds. The highest BCUT2D eigenvalue weighted by atomic mass is 35.5. The molecule has 2 N–H and O–H groups in total. The first-order valence-electron chi connectivity index (χ1n) is 6.27. The van der Waals surface area contributed by atoms with Gasteiger partial charge >= 0.3 is 0 Å². The summed E-state index contributed by atoms with van der Waals surface area (Å²) in [7, 11) is 1.68. The maximum Gasteiger partial charge on any atom is 0.143 e. The first kappa shape index (κ1) is 11.9. The van der Waals surface area contributed by atoms with Crippen LogP contribution in [0.3, 0.4) is 0 Å². The molecule has 4 heteroatoms. The normalized spacial score (nSPS) is 15.3. The molecule has 0 bridgehead atoms. The maximum atomic E-state index is 6.28. The molecule has 0 spiro atoms. The maximum absolute atomic E-state index is 6.28. The molecule has 1 aliphatic rings. The number of ether oxygens (including phenoxy) is 1. The van der Waals surface area contributed by atoms with E-state index in [1.807, 2.05) is 12.1 Å². The molecule has 0 unspecified atom stereocenters. The minimum atomic E-state index is 0.702. The molecule has 1 heterocycles. The summed E-state index contributed by atoms with van der Waals surface area (Å²) in [5.41, 5.74) is 3.40. The molecule has 0 radical (unpaired) electrons. The largest absolute Gasteiger partial charge is 0.495 e. The van der Waals surface area contributed by atoms with Gasteiger partial charge in [0, 0.05) is 23.7 Å². The Kier molecular flexibility index (Phi) is 2.96. The number of benzene rings is 1. The lowest BCUT2D eigenvalue weighted by atomic mass is 10.1. The number of rotatable bonds is 4. The zero-order valence-electron chi connectivity index (χ0n) is 10.6. The minimum absolute atomic E-state index is 0.702. The van der Waals surface area contributed by atoms with Gasteiger partial charge in [-0.3, -0.25) is 0 Å². The average Bonchev–Trinajstić information content (AvgIpc) is 3.13. The Hall–Kier alpha value is -1.19. The van der Waals surface area contributed by atoms with Crippen molar-refractivity contribution < 1.29 is 4.74 Å². The fourth-order valence-corrected chi connectivity index (χ4v) is 2.62. The van der Waals surface area contributed by atoms with Crippen LogP contribution in [0.25, 0.3) is 10.9 Å². The molecule has 3 nitrogen and oxygen atoms in total. The Balaban J connectivity index is 2.04. The summed E-state index contributed by atoms with van der Waals surface area (Å²) < 4.78 is 5.38. The van der Waals surface area contributed by atoms with Gasteiger partial charge < -0.3 is 15.0 Å². The number of aromatic amines is 1.